The van der Waals surface area contributed by atoms with Crippen LogP contribution in [0.1, 0.15) is 52.1 Å². The Morgan fingerprint density at radius 1 is 1.08 bits per heavy atom. The van der Waals surface area contributed by atoms with Gasteiger partial charge in [0, 0.05) is 13.5 Å². The highest BCUT2D eigenvalue weighted by Gasteiger charge is 2.31. The summed E-state index contributed by atoms with van der Waals surface area (Å²) in [6.07, 6.45) is 0.614. The van der Waals surface area contributed by atoms with Crippen LogP contribution >= 0.6 is 0 Å². The zero-order chi connectivity index (χ0) is 18.4. The van der Waals surface area contributed by atoms with Crippen molar-refractivity contribution in [3.63, 3.8) is 0 Å². The maximum atomic E-state index is 12.4. The Morgan fingerprint density at radius 2 is 1.71 bits per heavy atom. The number of aromatic nitrogens is 2. The summed E-state index contributed by atoms with van der Waals surface area (Å²) in [6.45, 7) is 9.93. The number of aryl methyl sites for hydroxylation is 2. The number of amides is 2. The van der Waals surface area contributed by atoms with E-state index in [1.165, 1.54) is 4.57 Å². The zero-order valence-corrected chi connectivity index (χ0v) is 15.3. The second-order valence-electron chi connectivity index (χ2n) is 5.12. The van der Waals surface area contributed by atoms with Gasteiger partial charge < -0.3 is 0 Å². The molecule has 3 rings (SSSR count). The number of benzene rings is 1. The van der Waals surface area contributed by atoms with Crippen LogP contribution in [0.4, 0.5) is 0 Å². The van der Waals surface area contributed by atoms with Crippen LogP contribution in [0.15, 0.2) is 23.0 Å². The fourth-order valence-electron chi connectivity index (χ4n) is 2.86. The summed E-state index contributed by atoms with van der Waals surface area (Å²) in [7, 11) is 1.69. The SMILES string of the molecule is CC.CC.Cc1cccc2c1n(C)c(=O)n2C1CCC(=O)NC1=O. The first-order valence-corrected chi connectivity index (χ1v) is 8.51. The van der Waals surface area contributed by atoms with Crippen molar-refractivity contribution in [1.29, 1.82) is 0 Å². The second-order valence-corrected chi connectivity index (χ2v) is 5.12. The minimum Gasteiger partial charge on any atom is -0.295 e. The molecule has 6 nitrogen and oxygen atoms in total. The van der Waals surface area contributed by atoms with Crippen molar-refractivity contribution in [1.82, 2.24) is 14.5 Å². The van der Waals surface area contributed by atoms with Crippen molar-refractivity contribution in [3.8, 4) is 0 Å². The fraction of sp³-hybridized carbons (Fsp3) is 0.500. The summed E-state index contributed by atoms with van der Waals surface area (Å²) in [6, 6.07) is 4.99. The number of rotatable bonds is 1. The number of carbonyl (C=O) groups is 2. The van der Waals surface area contributed by atoms with Gasteiger partial charge in [0.05, 0.1) is 11.0 Å². The monoisotopic (exact) mass is 333 g/mol. The molecule has 1 aromatic heterocycles. The number of hydrogen-bond donors (Lipinski definition) is 1. The van der Waals surface area contributed by atoms with Crippen molar-refractivity contribution in [2.24, 2.45) is 7.05 Å². The molecule has 1 aromatic carbocycles. The fourth-order valence-corrected chi connectivity index (χ4v) is 2.86. The van der Waals surface area contributed by atoms with E-state index < -0.39 is 11.9 Å². The molecule has 0 radical (unpaired) electrons. The van der Waals surface area contributed by atoms with Gasteiger partial charge in [-0.1, -0.05) is 39.8 Å². The first-order valence-electron chi connectivity index (χ1n) is 8.51. The predicted octanol–water partition coefficient (Wildman–Crippen LogP) is 2.68. The Balaban J connectivity index is 0.000000671. The molecule has 1 aliphatic heterocycles. The molecule has 1 unspecified atom stereocenters. The molecule has 1 fully saturated rings. The number of piperidine rings is 1. The molecule has 6 heteroatoms. The summed E-state index contributed by atoms with van der Waals surface area (Å²) < 4.78 is 3.04. The molecule has 0 spiro atoms. The van der Waals surface area contributed by atoms with Crippen LogP contribution in [0.3, 0.4) is 0 Å². The standard InChI is InChI=1S/C14H15N3O3.2C2H6/c1-8-4-3-5-9-12(8)16(2)14(20)17(9)10-6-7-11(18)15-13(10)19;2*1-2/h3-5,10H,6-7H2,1-2H3,(H,15,18,19);2*1-2H3. The van der Waals surface area contributed by atoms with Gasteiger partial charge in [0.1, 0.15) is 6.04 Å². The van der Waals surface area contributed by atoms with E-state index in [9.17, 15) is 14.4 Å². The lowest BCUT2D eigenvalue weighted by Crippen LogP contribution is -2.44. The number of para-hydroxylation sites is 1. The van der Waals surface area contributed by atoms with E-state index in [0.717, 1.165) is 16.6 Å². The largest absolute Gasteiger partial charge is 0.329 e. The highest BCUT2D eigenvalue weighted by molar-refractivity contribution is 6.00. The van der Waals surface area contributed by atoms with Crippen molar-refractivity contribution >= 4 is 22.8 Å². The normalized spacial score (nSPS) is 16.7. The highest BCUT2D eigenvalue weighted by atomic mass is 16.2. The lowest BCUT2D eigenvalue weighted by molar-refractivity contribution is -0.135. The van der Waals surface area contributed by atoms with Gasteiger partial charge in [-0.2, -0.15) is 0 Å². The van der Waals surface area contributed by atoms with E-state index in [1.807, 2.05) is 52.8 Å². The molecule has 1 aliphatic rings. The summed E-state index contributed by atoms with van der Waals surface area (Å²) in [5, 5.41) is 2.30. The van der Waals surface area contributed by atoms with Crippen molar-refractivity contribution in [2.75, 3.05) is 0 Å². The van der Waals surface area contributed by atoms with Crippen LogP contribution < -0.4 is 11.0 Å². The van der Waals surface area contributed by atoms with Crippen LogP contribution in [-0.2, 0) is 16.6 Å². The summed E-state index contributed by atoms with van der Waals surface area (Å²) in [5.74, 6) is -0.687. The summed E-state index contributed by atoms with van der Waals surface area (Å²) in [4.78, 5) is 35.7. The third kappa shape index (κ3) is 3.42. The molecule has 1 N–H and O–H groups in total. The lowest BCUT2D eigenvalue weighted by atomic mass is 10.1. The molecule has 132 valence electrons. The average molecular weight is 333 g/mol. The number of imidazole rings is 1. The van der Waals surface area contributed by atoms with Crippen molar-refractivity contribution < 1.29 is 9.59 Å². The van der Waals surface area contributed by atoms with E-state index in [4.69, 9.17) is 0 Å². The van der Waals surface area contributed by atoms with E-state index in [1.54, 1.807) is 11.6 Å². The molecule has 2 aromatic rings. The van der Waals surface area contributed by atoms with Crippen LogP contribution in [0, 0.1) is 6.92 Å². The van der Waals surface area contributed by atoms with E-state index in [2.05, 4.69) is 5.32 Å². The molecule has 0 saturated carbocycles. The summed E-state index contributed by atoms with van der Waals surface area (Å²) in [5.41, 5.74) is 2.30. The maximum absolute atomic E-state index is 12.4. The Bertz CT molecular complexity index is 787. The predicted molar refractivity (Wildman–Crippen MR) is 96.0 cm³/mol. The van der Waals surface area contributed by atoms with E-state index in [0.29, 0.717) is 6.42 Å². The smallest absolute Gasteiger partial charge is 0.295 e. The van der Waals surface area contributed by atoms with Crippen molar-refractivity contribution in [3.05, 3.63) is 34.2 Å². The van der Waals surface area contributed by atoms with Gasteiger partial charge in [0.2, 0.25) is 11.8 Å². The molecule has 24 heavy (non-hydrogen) atoms. The van der Waals surface area contributed by atoms with Gasteiger partial charge in [-0.3, -0.25) is 24.0 Å². The van der Waals surface area contributed by atoms with Gasteiger partial charge in [-0.05, 0) is 25.0 Å². The Kier molecular flexibility index (Phi) is 6.95. The topological polar surface area (TPSA) is 73.1 Å². The molecule has 2 amide bonds. The maximum Gasteiger partial charge on any atom is 0.329 e. The van der Waals surface area contributed by atoms with Gasteiger partial charge in [0.15, 0.2) is 0 Å². The Hall–Kier alpha value is -2.37. The minimum atomic E-state index is -0.620. The highest BCUT2D eigenvalue weighted by Crippen LogP contribution is 2.24. The van der Waals surface area contributed by atoms with Gasteiger partial charge in [-0.15, -0.1) is 0 Å². The molecule has 1 atom stereocenters. The number of nitrogens with one attached hydrogen (secondary N) is 1. The average Bonchev–Trinajstić information content (AvgIpc) is 2.84. The first kappa shape index (κ1) is 19.7. The van der Waals surface area contributed by atoms with Gasteiger partial charge in [-0.25, -0.2) is 4.79 Å². The van der Waals surface area contributed by atoms with E-state index in [-0.39, 0.29) is 18.0 Å². The molecule has 0 aliphatic carbocycles. The molecule has 0 bridgehead atoms. The second kappa shape index (κ2) is 8.47. The first-order chi connectivity index (χ1) is 11.5. The van der Waals surface area contributed by atoms with Crippen LogP contribution in [0.5, 0.6) is 0 Å². The third-order valence-electron chi connectivity index (χ3n) is 3.83. The van der Waals surface area contributed by atoms with Crippen LogP contribution in [0.2, 0.25) is 0 Å². The van der Waals surface area contributed by atoms with Gasteiger partial charge >= 0.3 is 5.69 Å². The molecule has 2 heterocycles. The number of nitrogens with zero attached hydrogens (tertiary/aromatic N) is 2. The quantitative estimate of drug-likeness (QED) is 0.816. The summed E-state index contributed by atoms with van der Waals surface area (Å²) >= 11 is 0. The van der Waals surface area contributed by atoms with Crippen LogP contribution in [0.25, 0.3) is 11.0 Å². The van der Waals surface area contributed by atoms with Crippen molar-refractivity contribution in [2.45, 2.75) is 53.5 Å². The zero-order valence-electron chi connectivity index (χ0n) is 15.3. The lowest BCUT2D eigenvalue weighted by Gasteiger charge is -2.21. The molecular formula is C18H27N3O3. The number of fused-ring (bicyclic) bond motifs is 1. The van der Waals surface area contributed by atoms with Crippen LogP contribution in [-0.4, -0.2) is 20.9 Å². The number of carbonyl (C=O) groups excluding carboxylic acids is 2. The Labute approximate surface area is 142 Å². The number of hydrogen-bond acceptors (Lipinski definition) is 3. The minimum absolute atomic E-state index is 0.233. The van der Waals surface area contributed by atoms with Gasteiger partial charge in [0.25, 0.3) is 0 Å². The molecule has 1 saturated heterocycles. The van der Waals surface area contributed by atoms with E-state index >= 15 is 0 Å². The Morgan fingerprint density at radius 3 is 2.29 bits per heavy atom. The number of imide groups is 1. The molecular weight excluding hydrogens is 306 g/mol. The third-order valence-corrected chi connectivity index (χ3v) is 3.83.